The maximum absolute atomic E-state index is 11.2. The number of ether oxygens (including phenoxy) is 2. The summed E-state index contributed by atoms with van der Waals surface area (Å²) < 4.78 is 10.1. The zero-order valence-corrected chi connectivity index (χ0v) is 9.11. The van der Waals surface area contributed by atoms with E-state index in [9.17, 15) is 9.59 Å². The number of aliphatic carboxylic acids is 1. The first-order valence-electron chi connectivity index (χ1n) is 5.36. The molecule has 1 aliphatic rings. The zero-order valence-electron chi connectivity index (χ0n) is 9.11. The second-order valence-corrected chi connectivity index (χ2v) is 3.68. The molecular weight excluding hydrogens is 214 g/mol. The average Bonchev–Trinajstić information content (AvgIpc) is 2.27. The third kappa shape index (κ3) is 5.67. The van der Waals surface area contributed by atoms with Crippen LogP contribution in [0.3, 0.4) is 0 Å². The fraction of sp³-hybridized carbons (Fsp3) is 0.800. The summed E-state index contributed by atoms with van der Waals surface area (Å²) in [6.07, 6.45) is 3.23. The molecule has 0 aromatic heterocycles. The van der Waals surface area contributed by atoms with Crippen molar-refractivity contribution in [3.05, 3.63) is 0 Å². The van der Waals surface area contributed by atoms with E-state index in [1.807, 2.05) is 0 Å². The van der Waals surface area contributed by atoms with Gasteiger partial charge in [-0.2, -0.15) is 0 Å². The summed E-state index contributed by atoms with van der Waals surface area (Å²) in [5.74, 6) is -1.39. The van der Waals surface area contributed by atoms with Gasteiger partial charge in [0, 0.05) is 13.2 Å². The molecule has 2 N–H and O–H groups in total. The highest BCUT2D eigenvalue weighted by atomic mass is 16.5. The average molecular weight is 231 g/mol. The van der Waals surface area contributed by atoms with Crippen molar-refractivity contribution in [1.82, 2.24) is 5.32 Å². The number of carbonyl (C=O) groups excluding carboxylic acids is 1. The first kappa shape index (κ1) is 12.9. The minimum absolute atomic E-state index is 0.0807. The summed E-state index contributed by atoms with van der Waals surface area (Å²) in [5.41, 5.74) is 0. The zero-order chi connectivity index (χ0) is 11.8. The van der Waals surface area contributed by atoms with E-state index in [1.165, 1.54) is 0 Å². The van der Waals surface area contributed by atoms with Crippen molar-refractivity contribution >= 4 is 11.9 Å². The number of amides is 1. The molecule has 0 aromatic rings. The largest absolute Gasteiger partial charge is 0.480 e. The molecule has 6 nitrogen and oxygen atoms in total. The Bertz CT molecular complexity index is 237. The van der Waals surface area contributed by atoms with Crippen LogP contribution in [0.5, 0.6) is 0 Å². The molecule has 1 amide bonds. The minimum Gasteiger partial charge on any atom is -0.480 e. The van der Waals surface area contributed by atoms with E-state index in [4.69, 9.17) is 9.84 Å². The van der Waals surface area contributed by atoms with Gasteiger partial charge in [0.15, 0.2) is 0 Å². The van der Waals surface area contributed by atoms with Crippen molar-refractivity contribution in [2.24, 2.45) is 0 Å². The fourth-order valence-electron chi connectivity index (χ4n) is 1.48. The lowest BCUT2D eigenvalue weighted by Crippen LogP contribution is -2.37. The highest BCUT2D eigenvalue weighted by Crippen LogP contribution is 2.11. The van der Waals surface area contributed by atoms with Crippen LogP contribution in [0.15, 0.2) is 0 Å². The summed E-state index contributed by atoms with van der Waals surface area (Å²) in [5, 5.41) is 10.9. The molecular formula is C10H17NO5. The molecule has 0 spiro atoms. The summed E-state index contributed by atoms with van der Waals surface area (Å²) in [4.78, 5) is 21.3. The maximum Gasteiger partial charge on any atom is 0.329 e. The fourth-order valence-corrected chi connectivity index (χ4v) is 1.48. The third-order valence-corrected chi connectivity index (χ3v) is 2.26. The smallest absolute Gasteiger partial charge is 0.329 e. The van der Waals surface area contributed by atoms with Crippen LogP contribution < -0.4 is 5.32 Å². The van der Waals surface area contributed by atoms with E-state index in [-0.39, 0.29) is 18.6 Å². The van der Waals surface area contributed by atoms with Gasteiger partial charge in [-0.1, -0.05) is 0 Å². The van der Waals surface area contributed by atoms with E-state index in [0.717, 1.165) is 25.9 Å². The summed E-state index contributed by atoms with van der Waals surface area (Å²) in [7, 11) is 0. The van der Waals surface area contributed by atoms with Gasteiger partial charge >= 0.3 is 5.97 Å². The molecule has 1 fully saturated rings. The molecule has 0 radical (unpaired) electrons. The molecule has 0 saturated carbocycles. The highest BCUT2D eigenvalue weighted by molar-refractivity contribution is 5.77. The van der Waals surface area contributed by atoms with Gasteiger partial charge < -0.3 is 19.9 Å². The Labute approximate surface area is 93.9 Å². The normalized spacial score (nSPS) is 20.4. The van der Waals surface area contributed by atoms with Gasteiger partial charge in [-0.25, -0.2) is 4.79 Å². The lowest BCUT2D eigenvalue weighted by atomic mass is 10.1. The summed E-state index contributed by atoms with van der Waals surface area (Å²) in [6, 6.07) is 0. The summed E-state index contributed by atoms with van der Waals surface area (Å²) in [6.45, 7) is 0.539. The van der Waals surface area contributed by atoms with Crippen molar-refractivity contribution < 1.29 is 24.2 Å². The minimum atomic E-state index is -1.08. The second-order valence-electron chi connectivity index (χ2n) is 3.68. The van der Waals surface area contributed by atoms with Gasteiger partial charge in [0.25, 0.3) is 0 Å². The van der Waals surface area contributed by atoms with Crippen LogP contribution >= 0.6 is 0 Å². The molecule has 0 bridgehead atoms. The molecule has 1 aliphatic heterocycles. The number of carboxylic acids is 1. The lowest BCUT2D eigenvalue weighted by molar-refractivity contribution is -0.143. The van der Waals surface area contributed by atoms with Gasteiger partial charge in [0.1, 0.15) is 13.2 Å². The molecule has 0 aliphatic carbocycles. The molecule has 1 saturated heterocycles. The van der Waals surface area contributed by atoms with E-state index in [1.54, 1.807) is 0 Å². The first-order chi connectivity index (χ1) is 7.68. The van der Waals surface area contributed by atoms with Crippen molar-refractivity contribution in [3.8, 4) is 0 Å². The molecule has 1 heterocycles. The monoisotopic (exact) mass is 231 g/mol. The van der Waals surface area contributed by atoms with Crippen molar-refractivity contribution in [1.29, 1.82) is 0 Å². The van der Waals surface area contributed by atoms with Gasteiger partial charge in [-0.3, -0.25) is 4.79 Å². The van der Waals surface area contributed by atoms with Gasteiger partial charge in [-0.15, -0.1) is 0 Å². The molecule has 0 aromatic carbocycles. The Balaban J connectivity index is 2.02. The Morgan fingerprint density at radius 2 is 2.19 bits per heavy atom. The molecule has 1 rings (SSSR count). The molecule has 1 atom stereocenters. The Morgan fingerprint density at radius 3 is 2.81 bits per heavy atom. The first-order valence-corrected chi connectivity index (χ1v) is 5.36. The Morgan fingerprint density at radius 1 is 1.38 bits per heavy atom. The lowest BCUT2D eigenvalue weighted by Gasteiger charge is -2.22. The van der Waals surface area contributed by atoms with Crippen molar-refractivity contribution in [3.63, 3.8) is 0 Å². The van der Waals surface area contributed by atoms with Crippen molar-refractivity contribution in [2.45, 2.75) is 25.4 Å². The number of hydrogen-bond acceptors (Lipinski definition) is 4. The molecule has 16 heavy (non-hydrogen) atoms. The van der Waals surface area contributed by atoms with E-state index in [0.29, 0.717) is 6.54 Å². The second kappa shape index (κ2) is 7.19. The number of rotatable bonds is 6. The van der Waals surface area contributed by atoms with Crippen molar-refractivity contribution in [2.75, 3.05) is 26.4 Å². The van der Waals surface area contributed by atoms with Crippen LogP contribution in [0.25, 0.3) is 0 Å². The number of carboxylic acid groups (broad SMARTS) is 1. The van der Waals surface area contributed by atoms with Crippen LogP contribution in [0.4, 0.5) is 0 Å². The number of nitrogens with one attached hydrogen (secondary N) is 1. The summed E-state index contributed by atoms with van der Waals surface area (Å²) >= 11 is 0. The number of carbonyl (C=O) groups is 2. The van der Waals surface area contributed by atoms with Gasteiger partial charge in [0.05, 0.1) is 6.10 Å². The van der Waals surface area contributed by atoms with Crippen LogP contribution in [0, 0.1) is 0 Å². The van der Waals surface area contributed by atoms with Crippen LogP contribution in [0.2, 0.25) is 0 Å². The quantitative estimate of drug-likeness (QED) is 0.659. The van der Waals surface area contributed by atoms with Crippen LogP contribution in [-0.4, -0.2) is 49.5 Å². The SMILES string of the molecule is O=C(O)COCC(=O)NCC1CCCCO1. The predicted octanol–water partition coefficient (Wildman–Crippen LogP) is -0.227. The van der Waals surface area contributed by atoms with E-state index >= 15 is 0 Å². The van der Waals surface area contributed by atoms with Gasteiger partial charge in [-0.05, 0) is 19.3 Å². The molecule has 1 unspecified atom stereocenters. The molecule has 6 heteroatoms. The third-order valence-electron chi connectivity index (χ3n) is 2.26. The Kier molecular flexibility index (Phi) is 5.81. The highest BCUT2D eigenvalue weighted by Gasteiger charge is 2.14. The predicted molar refractivity (Wildman–Crippen MR) is 55.1 cm³/mol. The topological polar surface area (TPSA) is 84.9 Å². The van der Waals surface area contributed by atoms with Crippen LogP contribution in [-0.2, 0) is 19.1 Å². The van der Waals surface area contributed by atoms with Gasteiger partial charge in [0.2, 0.25) is 5.91 Å². The van der Waals surface area contributed by atoms with Crippen LogP contribution in [0.1, 0.15) is 19.3 Å². The molecule has 92 valence electrons. The van der Waals surface area contributed by atoms with E-state index < -0.39 is 12.6 Å². The maximum atomic E-state index is 11.2. The van der Waals surface area contributed by atoms with E-state index in [2.05, 4.69) is 10.1 Å². The number of hydrogen-bond donors (Lipinski definition) is 2. The Hall–Kier alpha value is -1.14. The standard InChI is InChI=1S/C10H17NO5/c12-9(6-15-7-10(13)14)11-5-8-3-1-2-4-16-8/h8H,1-7H2,(H,11,12)(H,13,14).